The Morgan fingerprint density at radius 3 is 2.59 bits per heavy atom. The molecule has 4 aromatic rings. The van der Waals surface area contributed by atoms with Crippen LogP contribution in [0.5, 0.6) is 0 Å². The third kappa shape index (κ3) is 3.59. The van der Waals surface area contributed by atoms with Gasteiger partial charge >= 0.3 is 0 Å². The second kappa shape index (κ2) is 7.20. The summed E-state index contributed by atoms with van der Waals surface area (Å²) in [5.74, 6) is 0.390. The monoisotopic (exact) mass is 359 g/mol. The number of aromatic nitrogens is 6. The molecule has 0 atom stereocenters. The summed E-state index contributed by atoms with van der Waals surface area (Å²) in [5.41, 5.74) is 3.96. The van der Waals surface area contributed by atoms with Crippen LogP contribution in [0.15, 0.2) is 60.7 Å². The normalized spacial score (nSPS) is 10.7. The van der Waals surface area contributed by atoms with Gasteiger partial charge in [-0.1, -0.05) is 48.5 Å². The molecule has 0 saturated heterocycles. The highest BCUT2D eigenvalue weighted by Gasteiger charge is 2.16. The molecule has 2 aromatic carbocycles. The summed E-state index contributed by atoms with van der Waals surface area (Å²) in [5, 5.41) is 21.0. The zero-order valence-electron chi connectivity index (χ0n) is 14.6. The summed E-state index contributed by atoms with van der Waals surface area (Å²) in [4.78, 5) is 14.4. The van der Waals surface area contributed by atoms with E-state index in [2.05, 4.69) is 30.8 Å². The highest BCUT2D eigenvalue weighted by Crippen LogP contribution is 2.19. The average Bonchev–Trinajstić information content (AvgIpc) is 3.40. The molecular weight excluding hydrogens is 342 g/mol. The average molecular weight is 359 g/mol. The minimum atomic E-state index is -0.130. The molecular formula is C19H17N7O. The van der Waals surface area contributed by atoms with Gasteiger partial charge in [-0.25, -0.2) is 0 Å². The predicted molar refractivity (Wildman–Crippen MR) is 99.4 cm³/mol. The molecule has 2 N–H and O–H groups in total. The van der Waals surface area contributed by atoms with E-state index in [0.29, 0.717) is 18.1 Å². The van der Waals surface area contributed by atoms with Crippen LogP contribution in [0.25, 0.3) is 22.6 Å². The van der Waals surface area contributed by atoms with Crippen molar-refractivity contribution in [3.05, 3.63) is 71.9 Å². The van der Waals surface area contributed by atoms with Crippen LogP contribution < -0.4 is 0 Å². The molecule has 1 amide bonds. The van der Waals surface area contributed by atoms with Crippen LogP contribution in [-0.4, -0.2) is 48.7 Å². The summed E-state index contributed by atoms with van der Waals surface area (Å²) >= 11 is 0. The van der Waals surface area contributed by atoms with Gasteiger partial charge in [0.2, 0.25) is 5.82 Å². The summed E-state index contributed by atoms with van der Waals surface area (Å²) < 4.78 is 0. The van der Waals surface area contributed by atoms with Crippen LogP contribution in [0.2, 0.25) is 0 Å². The number of benzene rings is 2. The number of amides is 1. The molecule has 0 spiro atoms. The predicted octanol–water partition coefficient (Wildman–Crippen LogP) is 2.53. The van der Waals surface area contributed by atoms with Crippen LogP contribution in [0, 0.1) is 0 Å². The van der Waals surface area contributed by atoms with E-state index < -0.39 is 0 Å². The van der Waals surface area contributed by atoms with E-state index in [4.69, 9.17) is 0 Å². The molecule has 0 aliphatic carbocycles. The standard InChI is InChI=1S/C19H17N7O/c1-26(12-13-6-5-9-15(10-13)18-22-24-25-23-18)19(27)17-11-16(20-21-17)14-7-3-2-4-8-14/h2-11H,12H2,1H3,(H,20,21)(H,22,23,24,25). The van der Waals surface area contributed by atoms with Crippen molar-refractivity contribution in [2.75, 3.05) is 7.05 Å². The summed E-state index contributed by atoms with van der Waals surface area (Å²) in [7, 11) is 1.76. The lowest BCUT2D eigenvalue weighted by Gasteiger charge is -2.16. The molecule has 0 aliphatic heterocycles. The molecule has 4 rings (SSSR count). The Balaban J connectivity index is 1.49. The van der Waals surface area contributed by atoms with Crippen LogP contribution in [0.3, 0.4) is 0 Å². The van der Waals surface area contributed by atoms with E-state index in [1.807, 2.05) is 54.6 Å². The fourth-order valence-corrected chi connectivity index (χ4v) is 2.83. The third-order valence-electron chi connectivity index (χ3n) is 4.17. The van der Waals surface area contributed by atoms with Gasteiger partial charge in [-0.2, -0.15) is 10.3 Å². The fourth-order valence-electron chi connectivity index (χ4n) is 2.83. The zero-order chi connectivity index (χ0) is 18.6. The molecule has 0 saturated carbocycles. The maximum absolute atomic E-state index is 12.7. The topological polar surface area (TPSA) is 103 Å². The Hall–Kier alpha value is -3.81. The molecule has 0 unspecified atom stereocenters. The van der Waals surface area contributed by atoms with Crippen molar-refractivity contribution < 1.29 is 4.79 Å². The van der Waals surface area contributed by atoms with Crippen molar-refractivity contribution in [3.63, 3.8) is 0 Å². The van der Waals surface area contributed by atoms with Crippen molar-refractivity contribution in [3.8, 4) is 22.6 Å². The van der Waals surface area contributed by atoms with E-state index in [9.17, 15) is 4.79 Å². The fraction of sp³-hybridized carbons (Fsp3) is 0.105. The van der Waals surface area contributed by atoms with Gasteiger partial charge in [0.1, 0.15) is 5.69 Å². The van der Waals surface area contributed by atoms with Gasteiger partial charge in [0.25, 0.3) is 5.91 Å². The minimum absolute atomic E-state index is 0.130. The number of aromatic amines is 2. The van der Waals surface area contributed by atoms with Crippen molar-refractivity contribution in [2.24, 2.45) is 0 Å². The van der Waals surface area contributed by atoms with Gasteiger partial charge in [-0.15, -0.1) is 10.2 Å². The van der Waals surface area contributed by atoms with Gasteiger partial charge in [0.05, 0.1) is 5.69 Å². The zero-order valence-corrected chi connectivity index (χ0v) is 14.6. The SMILES string of the molecule is CN(Cc1cccc(-c2nn[nH]n2)c1)C(=O)c1cc(-c2ccccc2)n[nH]1. The Morgan fingerprint density at radius 1 is 1.00 bits per heavy atom. The molecule has 2 heterocycles. The maximum Gasteiger partial charge on any atom is 0.271 e. The van der Waals surface area contributed by atoms with Gasteiger partial charge in [0, 0.05) is 24.7 Å². The number of carbonyl (C=O) groups is 1. The lowest BCUT2D eigenvalue weighted by molar-refractivity contribution is 0.0779. The quantitative estimate of drug-likeness (QED) is 0.570. The van der Waals surface area contributed by atoms with Gasteiger partial charge in [-0.3, -0.25) is 9.89 Å². The summed E-state index contributed by atoms with van der Waals surface area (Å²) in [6, 6.07) is 19.2. The van der Waals surface area contributed by atoms with Gasteiger partial charge in [0.15, 0.2) is 0 Å². The maximum atomic E-state index is 12.7. The molecule has 0 fully saturated rings. The van der Waals surface area contributed by atoms with Crippen LogP contribution in [0.4, 0.5) is 0 Å². The van der Waals surface area contributed by atoms with Crippen LogP contribution >= 0.6 is 0 Å². The second-order valence-corrected chi connectivity index (χ2v) is 6.13. The van der Waals surface area contributed by atoms with Gasteiger partial charge in [-0.05, 0) is 22.9 Å². The largest absolute Gasteiger partial charge is 0.336 e. The van der Waals surface area contributed by atoms with Crippen LogP contribution in [0.1, 0.15) is 16.1 Å². The number of rotatable bonds is 5. The number of tetrazole rings is 1. The van der Waals surface area contributed by atoms with E-state index in [1.165, 1.54) is 0 Å². The van der Waals surface area contributed by atoms with Gasteiger partial charge < -0.3 is 4.90 Å². The molecule has 0 bridgehead atoms. The minimum Gasteiger partial charge on any atom is -0.336 e. The lowest BCUT2D eigenvalue weighted by atomic mass is 10.1. The highest BCUT2D eigenvalue weighted by atomic mass is 16.2. The van der Waals surface area contributed by atoms with E-state index in [0.717, 1.165) is 22.4 Å². The summed E-state index contributed by atoms with van der Waals surface area (Å²) in [6.45, 7) is 0.449. The first-order chi connectivity index (χ1) is 13.2. The number of hydrogen-bond acceptors (Lipinski definition) is 5. The third-order valence-corrected chi connectivity index (χ3v) is 4.17. The lowest BCUT2D eigenvalue weighted by Crippen LogP contribution is -2.26. The molecule has 8 heteroatoms. The molecule has 27 heavy (non-hydrogen) atoms. The number of carbonyl (C=O) groups excluding carboxylic acids is 1. The second-order valence-electron chi connectivity index (χ2n) is 6.13. The molecule has 8 nitrogen and oxygen atoms in total. The van der Waals surface area contributed by atoms with E-state index in [1.54, 1.807) is 18.0 Å². The number of H-pyrrole nitrogens is 2. The van der Waals surface area contributed by atoms with Crippen molar-refractivity contribution in [1.29, 1.82) is 0 Å². The van der Waals surface area contributed by atoms with E-state index >= 15 is 0 Å². The highest BCUT2D eigenvalue weighted by molar-refractivity contribution is 5.93. The molecule has 0 aliphatic rings. The molecule has 0 radical (unpaired) electrons. The smallest absolute Gasteiger partial charge is 0.271 e. The van der Waals surface area contributed by atoms with Crippen LogP contribution in [-0.2, 0) is 6.54 Å². The first kappa shape index (κ1) is 16.6. The Labute approximate surface area is 155 Å². The van der Waals surface area contributed by atoms with Crippen molar-refractivity contribution in [1.82, 2.24) is 35.7 Å². The summed E-state index contributed by atoms with van der Waals surface area (Å²) in [6.07, 6.45) is 0. The number of nitrogens with zero attached hydrogens (tertiary/aromatic N) is 5. The first-order valence-electron chi connectivity index (χ1n) is 8.40. The van der Waals surface area contributed by atoms with Crippen molar-refractivity contribution in [2.45, 2.75) is 6.54 Å². The first-order valence-corrected chi connectivity index (χ1v) is 8.40. The Morgan fingerprint density at radius 2 is 1.81 bits per heavy atom. The Bertz CT molecular complexity index is 1040. The number of nitrogens with one attached hydrogen (secondary N) is 2. The van der Waals surface area contributed by atoms with Crippen molar-refractivity contribution >= 4 is 5.91 Å². The molecule has 2 aromatic heterocycles. The number of hydrogen-bond donors (Lipinski definition) is 2. The Kier molecular flexibility index (Phi) is 4.44. The van der Waals surface area contributed by atoms with E-state index in [-0.39, 0.29) is 5.91 Å². The molecule has 134 valence electrons.